The van der Waals surface area contributed by atoms with Gasteiger partial charge in [-0.3, -0.25) is 0 Å². The Kier molecular flexibility index (Phi) is 11.9. The third kappa shape index (κ3) is 7.92. The summed E-state index contributed by atoms with van der Waals surface area (Å²) in [4.78, 5) is 4.94. The molecule has 5 heteroatoms. The molecule has 0 N–H and O–H groups in total. The number of nitrogens with zero attached hydrogens (tertiary/aromatic N) is 3. The lowest BCUT2D eigenvalue weighted by molar-refractivity contribution is 0.665. The molecule has 18 aromatic rings. The Bertz CT molecular complexity index is 5630. The van der Waals surface area contributed by atoms with Crippen molar-refractivity contribution >= 4 is 99.8 Å². The second kappa shape index (κ2) is 21.2. The molecule has 0 amide bonds. The molecular formula is C91H57N3O2. The van der Waals surface area contributed by atoms with Crippen molar-refractivity contribution in [3.8, 4) is 61.3 Å². The van der Waals surface area contributed by atoms with Crippen LogP contribution in [0.4, 0.5) is 34.1 Å². The molecule has 1 aliphatic heterocycles. The fourth-order valence-electron chi connectivity index (χ4n) is 16.2. The molecular weight excluding hydrogens is 1170 g/mol. The minimum Gasteiger partial charge on any atom is -0.455 e. The predicted octanol–water partition coefficient (Wildman–Crippen LogP) is 24.9. The number of aromatic nitrogens is 1. The third-order valence-electron chi connectivity index (χ3n) is 20.4. The van der Waals surface area contributed by atoms with Gasteiger partial charge in [-0.1, -0.05) is 261 Å². The van der Waals surface area contributed by atoms with Crippen LogP contribution in [0.1, 0.15) is 22.3 Å². The number of hydrogen-bond acceptors (Lipinski definition) is 4. The molecule has 96 heavy (non-hydrogen) atoms. The van der Waals surface area contributed by atoms with Crippen LogP contribution in [0, 0.1) is 0 Å². The first-order chi connectivity index (χ1) is 47.6. The molecule has 1 spiro atoms. The van der Waals surface area contributed by atoms with Gasteiger partial charge in [-0.15, -0.1) is 0 Å². The summed E-state index contributed by atoms with van der Waals surface area (Å²) in [6, 6.07) is 126. The molecule has 3 aromatic heterocycles. The van der Waals surface area contributed by atoms with E-state index in [1.807, 2.05) is 0 Å². The average molecular weight is 1220 g/mol. The van der Waals surface area contributed by atoms with Crippen LogP contribution in [0.15, 0.2) is 355 Å². The molecule has 1 aliphatic carbocycles. The summed E-state index contributed by atoms with van der Waals surface area (Å²) >= 11 is 0. The van der Waals surface area contributed by atoms with Crippen molar-refractivity contribution < 1.29 is 8.83 Å². The summed E-state index contributed by atoms with van der Waals surface area (Å²) in [6.07, 6.45) is 0. The molecule has 0 atom stereocenters. The molecule has 0 unspecified atom stereocenters. The molecule has 0 saturated carbocycles. The Morgan fingerprint density at radius 1 is 0.260 bits per heavy atom. The van der Waals surface area contributed by atoms with Gasteiger partial charge in [0.25, 0.3) is 0 Å². The third-order valence-corrected chi connectivity index (χ3v) is 20.4. The summed E-state index contributed by atoms with van der Waals surface area (Å²) in [7, 11) is 0. The topological polar surface area (TPSA) is 37.7 Å². The SMILES string of the molecule is c1ccc(-c2ccc(N(c3ccc(-c4ccccc4)cc3)c3cc4c(c5oc6ccccc6c35)-c3c(cc(N(c5ccc(-c6ccccc6)cc5)c5ccc(-c6ccccc6)cc5)c5c3oc3ccccc35)C43c4ccccc4-n4c5ccccc5c5cccc3c54)cc2)cc1. The molecule has 4 heterocycles. The maximum Gasteiger partial charge on any atom is 0.145 e. The van der Waals surface area contributed by atoms with Gasteiger partial charge in [0.1, 0.15) is 22.3 Å². The largest absolute Gasteiger partial charge is 0.455 e. The zero-order valence-corrected chi connectivity index (χ0v) is 52.1. The smallest absolute Gasteiger partial charge is 0.145 e. The van der Waals surface area contributed by atoms with Gasteiger partial charge in [0.15, 0.2) is 0 Å². The first-order valence-corrected chi connectivity index (χ1v) is 33.0. The lowest BCUT2D eigenvalue weighted by atomic mass is 9.65. The lowest BCUT2D eigenvalue weighted by Gasteiger charge is -2.40. The van der Waals surface area contributed by atoms with E-state index in [-0.39, 0.29) is 0 Å². The van der Waals surface area contributed by atoms with Gasteiger partial charge in [-0.25, -0.2) is 0 Å². The summed E-state index contributed by atoms with van der Waals surface area (Å²) in [6.45, 7) is 0. The van der Waals surface area contributed by atoms with Crippen molar-refractivity contribution in [2.75, 3.05) is 9.80 Å². The highest BCUT2D eigenvalue weighted by Crippen LogP contribution is 2.67. The van der Waals surface area contributed by atoms with Crippen LogP contribution in [-0.2, 0) is 5.41 Å². The van der Waals surface area contributed by atoms with E-state index in [4.69, 9.17) is 8.83 Å². The van der Waals surface area contributed by atoms with Crippen LogP contribution in [0.25, 0.3) is 127 Å². The number of hydrogen-bond donors (Lipinski definition) is 0. The van der Waals surface area contributed by atoms with E-state index in [1.165, 1.54) is 21.9 Å². The Morgan fingerprint density at radius 3 is 1.02 bits per heavy atom. The van der Waals surface area contributed by atoms with Crippen LogP contribution in [-0.4, -0.2) is 4.57 Å². The molecule has 2 aliphatic rings. The van der Waals surface area contributed by atoms with Gasteiger partial charge in [0, 0.05) is 55.4 Å². The van der Waals surface area contributed by atoms with Gasteiger partial charge in [-0.2, -0.15) is 0 Å². The molecule has 20 rings (SSSR count). The standard InChI is InChI=1S/C91H57N3O2/c1-5-22-58(23-6-1)62-40-48-66(49-41-62)92(67-50-42-63(43-51-67)59-24-7-2-8-25-59)80-56-76-86(89-84(80)72-31-14-19-38-82(72)95-89)87-77(91(76)74-34-16-18-37-79(74)94-78-36-17-13-30-70(78)71-33-21-35-75(91)88(71)94)57-81(85-73-32-15-20-39-83(73)96-90(85)87)93(68-52-44-64(45-53-68)60-26-9-3-10-27-60)69-54-46-65(47-55-69)61-28-11-4-12-29-61/h1-57H. The number of furan rings is 2. The van der Waals surface area contributed by atoms with E-state index in [1.54, 1.807) is 0 Å². The van der Waals surface area contributed by atoms with Gasteiger partial charge in [0.05, 0.1) is 44.3 Å². The minimum atomic E-state index is -1.00. The maximum absolute atomic E-state index is 7.73. The second-order valence-electron chi connectivity index (χ2n) is 25.4. The zero-order valence-electron chi connectivity index (χ0n) is 52.1. The van der Waals surface area contributed by atoms with Crippen LogP contribution >= 0.6 is 0 Å². The molecule has 0 radical (unpaired) electrons. The lowest BCUT2D eigenvalue weighted by Crippen LogP contribution is -2.33. The fraction of sp³-hybridized carbons (Fsp3) is 0.0110. The molecule has 15 aromatic carbocycles. The van der Waals surface area contributed by atoms with E-state index < -0.39 is 5.41 Å². The highest BCUT2D eigenvalue weighted by Gasteiger charge is 2.54. The van der Waals surface area contributed by atoms with Gasteiger partial charge in [-0.05, 0) is 152 Å². The number of rotatable bonds is 10. The Morgan fingerprint density at radius 2 is 0.594 bits per heavy atom. The average Bonchev–Trinajstić information content (AvgIpc) is 1.47. The van der Waals surface area contributed by atoms with Crippen molar-refractivity contribution in [1.82, 2.24) is 4.57 Å². The zero-order chi connectivity index (χ0) is 63.0. The number of anilines is 6. The number of fused-ring (bicyclic) bond motifs is 20. The van der Waals surface area contributed by atoms with E-state index in [0.717, 1.165) is 162 Å². The Labute approximate surface area is 554 Å². The van der Waals surface area contributed by atoms with E-state index in [2.05, 4.69) is 360 Å². The highest BCUT2D eigenvalue weighted by molar-refractivity contribution is 6.26. The molecule has 0 fully saturated rings. The van der Waals surface area contributed by atoms with Crippen LogP contribution in [0.3, 0.4) is 0 Å². The molecule has 0 saturated heterocycles. The van der Waals surface area contributed by atoms with Crippen molar-refractivity contribution in [1.29, 1.82) is 0 Å². The Balaban J connectivity index is 0.944. The number of para-hydroxylation sites is 5. The minimum absolute atomic E-state index is 0.795. The normalized spacial score (nSPS) is 12.7. The van der Waals surface area contributed by atoms with Crippen molar-refractivity contribution in [3.05, 3.63) is 368 Å². The van der Waals surface area contributed by atoms with Crippen LogP contribution in [0.2, 0.25) is 0 Å². The summed E-state index contributed by atoms with van der Waals surface area (Å²) < 4.78 is 18.0. The first-order valence-electron chi connectivity index (χ1n) is 33.0. The van der Waals surface area contributed by atoms with Gasteiger partial charge < -0.3 is 23.2 Å². The van der Waals surface area contributed by atoms with Crippen LogP contribution in [0.5, 0.6) is 0 Å². The van der Waals surface area contributed by atoms with Crippen molar-refractivity contribution in [2.45, 2.75) is 5.41 Å². The second-order valence-corrected chi connectivity index (χ2v) is 25.4. The summed E-state index contributed by atoms with van der Waals surface area (Å²) in [5, 5.41) is 6.46. The quantitative estimate of drug-likeness (QED) is 0.137. The fourth-order valence-corrected chi connectivity index (χ4v) is 16.2. The monoisotopic (exact) mass is 1220 g/mol. The van der Waals surface area contributed by atoms with Crippen molar-refractivity contribution in [3.63, 3.8) is 0 Å². The maximum atomic E-state index is 7.73. The highest BCUT2D eigenvalue weighted by atomic mass is 16.3. The van der Waals surface area contributed by atoms with E-state index >= 15 is 0 Å². The van der Waals surface area contributed by atoms with E-state index in [9.17, 15) is 0 Å². The first kappa shape index (κ1) is 53.9. The number of benzene rings is 15. The summed E-state index contributed by atoms with van der Waals surface area (Å²) in [5.74, 6) is 0. The van der Waals surface area contributed by atoms with Gasteiger partial charge in [0.2, 0.25) is 0 Å². The van der Waals surface area contributed by atoms with Crippen molar-refractivity contribution in [2.24, 2.45) is 0 Å². The Hall–Kier alpha value is -12.7. The predicted molar refractivity (Wildman–Crippen MR) is 397 cm³/mol. The summed E-state index contributed by atoms with van der Waals surface area (Å²) in [5.41, 5.74) is 27.5. The molecule has 5 nitrogen and oxygen atoms in total. The molecule has 0 bridgehead atoms. The van der Waals surface area contributed by atoms with Crippen LogP contribution < -0.4 is 9.80 Å². The van der Waals surface area contributed by atoms with E-state index in [0.29, 0.717) is 0 Å². The molecule has 448 valence electrons. The van der Waals surface area contributed by atoms with Gasteiger partial charge >= 0.3 is 0 Å².